The van der Waals surface area contributed by atoms with E-state index in [2.05, 4.69) is 17.2 Å². The van der Waals surface area contributed by atoms with Crippen LogP contribution in [0.5, 0.6) is 17.4 Å². The van der Waals surface area contributed by atoms with Crippen molar-refractivity contribution in [3.8, 4) is 17.4 Å². The molecule has 0 bridgehead atoms. The Labute approximate surface area is 154 Å². The van der Waals surface area contributed by atoms with Crippen molar-refractivity contribution in [2.24, 2.45) is 0 Å². The molecule has 2 rings (SSSR count). The number of ether oxygens (including phenoxy) is 3. The van der Waals surface area contributed by atoms with Crippen molar-refractivity contribution in [3.05, 3.63) is 48.7 Å². The molecule has 0 saturated carbocycles. The molecular formula is C20H26N2O4. The lowest BCUT2D eigenvalue weighted by molar-refractivity contribution is 0.142. The van der Waals surface area contributed by atoms with Gasteiger partial charge in [-0.15, -0.1) is 0 Å². The summed E-state index contributed by atoms with van der Waals surface area (Å²) in [5.41, 5.74) is 0. The van der Waals surface area contributed by atoms with Gasteiger partial charge in [-0.2, -0.15) is 0 Å². The van der Waals surface area contributed by atoms with E-state index in [1.165, 1.54) is 12.8 Å². The maximum atomic E-state index is 11.5. The van der Waals surface area contributed by atoms with Crippen molar-refractivity contribution >= 4 is 6.09 Å². The number of nitrogens with one attached hydrogen (secondary N) is 1. The maximum absolute atomic E-state index is 11.5. The smallest absolute Gasteiger partial charge is 0.407 e. The van der Waals surface area contributed by atoms with E-state index < -0.39 is 6.09 Å². The molecule has 1 aromatic carbocycles. The molecule has 0 saturated heterocycles. The lowest BCUT2D eigenvalue weighted by Crippen LogP contribution is -2.29. The Kier molecular flexibility index (Phi) is 8.83. The summed E-state index contributed by atoms with van der Waals surface area (Å²) in [7, 11) is 0. The molecule has 140 valence electrons. The van der Waals surface area contributed by atoms with E-state index in [-0.39, 0.29) is 0 Å². The number of rotatable bonds is 11. The van der Waals surface area contributed by atoms with Crippen molar-refractivity contribution in [1.29, 1.82) is 0 Å². The second-order valence-corrected chi connectivity index (χ2v) is 5.71. The summed E-state index contributed by atoms with van der Waals surface area (Å²) in [5.74, 6) is 1.92. The monoisotopic (exact) mass is 358 g/mol. The molecule has 6 nitrogen and oxygen atoms in total. The Morgan fingerprint density at radius 3 is 2.54 bits per heavy atom. The molecule has 0 radical (unpaired) electrons. The second kappa shape index (κ2) is 11.7. The van der Waals surface area contributed by atoms with Crippen LogP contribution >= 0.6 is 0 Å². The van der Waals surface area contributed by atoms with Gasteiger partial charge in [-0.05, 0) is 36.8 Å². The van der Waals surface area contributed by atoms with Gasteiger partial charge in [-0.3, -0.25) is 0 Å². The highest BCUT2D eigenvalue weighted by Gasteiger charge is 2.02. The van der Waals surface area contributed by atoms with E-state index in [0.717, 1.165) is 12.8 Å². The first-order chi connectivity index (χ1) is 12.8. The minimum atomic E-state index is -0.399. The van der Waals surface area contributed by atoms with Crippen LogP contribution < -0.4 is 14.8 Å². The minimum absolute atomic E-state index is 0.366. The second-order valence-electron chi connectivity index (χ2n) is 5.71. The number of unbranched alkanes of at least 4 members (excludes halogenated alkanes) is 3. The zero-order valence-corrected chi connectivity index (χ0v) is 15.1. The van der Waals surface area contributed by atoms with Crippen molar-refractivity contribution in [1.82, 2.24) is 10.3 Å². The van der Waals surface area contributed by atoms with Crippen molar-refractivity contribution < 1.29 is 19.0 Å². The number of carbonyl (C=O) groups excluding carboxylic acids is 1. The third kappa shape index (κ3) is 7.88. The molecule has 0 aliphatic heterocycles. The predicted octanol–water partition coefficient (Wildman–Crippen LogP) is 4.56. The van der Waals surface area contributed by atoms with Gasteiger partial charge in [-0.25, -0.2) is 9.78 Å². The van der Waals surface area contributed by atoms with Gasteiger partial charge in [-0.1, -0.05) is 32.3 Å². The first-order valence-corrected chi connectivity index (χ1v) is 9.00. The van der Waals surface area contributed by atoms with Gasteiger partial charge in [0.1, 0.15) is 18.1 Å². The first-order valence-electron chi connectivity index (χ1n) is 9.00. The van der Waals surface area contributed by atoms with Crippen LogP contribution in [0.2, 0.25) is 0 Å². The molecule has 2 aromatic rings. The fourth-order valence-corrected chi connectivity index (χ4v) is 2.20. The highest BCUT2D eigenvalue weighted by atomic mass is 16.5. The fraction of sp³-hybridized carbons (Fsp3) is 0.400. The van der Waals surface area contributed by atoms with E-state index in [1.807, 2.05) is 36.4 Å². The Balaban J connectivity index is 1.59. The van der Waals surface area contributed by atoms with Crippen LogP contribution in [-0.4, -0.2) is 30.8 Å². The fourth-order valence-electron chi connectivity index (χ4n) is 2.20. The van der Waals surface area contributed by atoms with Crippen LogP contribution in [0.1, 0.15) is 32.6 Å². The Hall–Kier alpha value is -2.76. The lowest BCUT2D eigenvalue weighted by atomic mass is 10.2. The number of nitrogens with zero attached hydrogens (tertiary/aromatic N) is 1. The summed E-state index contributed by atoms with van der Waals surface area (Å²) in [6, 6.07) is 12.7. The van der Waals surface area contributed by atoms with E-state index in [0.29, 0.717) is 37.1 Å². The number of carbonyl (C=O) groups is 1. The normalized spacial score (nSPS) is 10.2. The highest BCUT2D eigenvalue weighted by Crippen LogP contribution is 2.21. The molecule has 6 heteroatoms. The molecule has 0 aliphatic carbocycles. The van der Waals surface area contributed by atoms with Crippen LogP contribution in [0, 0.1) is 0 Å². The number of hydrogen-bond donors (Lipinski definition) is 1. The van der Waals surface area contributed by atoms with Crippen LogP contribution in [0.3, 0.4) is 0 Å². The van der Waals surface area contributed by atoms with E-state index in [9.17, 15) is 4.79 Å². The molecule has 26 heavy (non-hydrogen) atoms. The Morgan fingerprint density at radius 2 is 1.81 bits per heavy atom. The van der Waals surface area contributed by atoms with Gasteiger partial charge >= 0.3 is 6.09 Å². The average Bonchev–Trinajstić information content (AvgIpc) is 2.67. The summed E-state index contributed by atoms with van der Waals surface area (Å²) in [4.78, 5) is 15.6. The van der Waals surface area contributed by atoms with Crippen LogP contribution in [0.15, 0.2) is 48.7 Å². The molecule has 1 heterocycles. The lowest BCUT2D eigenvalue weighted by Gasteiger charge is -2.09. The quantitative estimate of drug-likeness (QED) is 0.596. The topological polar surface area (TPSA) is 69.7 Å². The summed E-state index contributed by atoms with van der Waals surface area (Å²) in [6.07, 6.45) is 5.61. The van der Waals surface area contributed by atoms with Gasteiger partial charge in [0.2, 0.25) is 5.88 Å². The zero-order valence-electron chi connectivity index (χ0n) is 15.1. The number of aromatic nitrogens is 1. The SMILES string of the molecule is CCCCCCOC(=O)NCCOc1ccc(Oc2ccccn2)cc1. The first kappa shape index (κ1) is 19.6. The summed E-state index contributed by atoms with van der Waals surface area (Å²) in [6.45, 7) is 3.37. The number of benzene rings is 1. The molecule has 1 aromatic heterocycles. The number of alkyl carbamates (subject to hydrolysis) is 1. The van der Waals surface area contributed by atoms with E-state index in [1.54, 1.807) is 12.3 Å². The molecule has 0 unspecified atom stereocenters. The van der Waals surface area contributed by atoms with E-state index >= 15 is 0 Å². The van der Waals surface area contributed by atoms with Crippen LogP contribution in [-0.2, 0) is 4.74 Å². The number of pyridine rings is 1. The molecule has 0 spiro atoms. The molecule has 0 aliphatic rings. The summed E-state index contributed by atoms with van der Waals surface area (Å²) < 4.78 is 16.3. The Bertz CT molecular complexity index is 632. The predicted molar refractivity (Wildman–Crippen MR) is 99.7 cm³/mol. The standard InChI is InChI=1S/C20H26N2O4/c1-2-3-4-7-15-25-20(23)22-14-16-24-17-9-11-18(12-10-17)26-19-8-5-6-13-21-19/h5-6,8-13H,2-4,7,14-16H2,1H3,(H,22,23). The largest absolute Gasteiger partial charge is 0.492 e. The van der Waals surface area contributed by atoms with Crippen molar-refractivity contribution in [3.63, 3.8) is 0 Å². The minimum Gasteiger partial charge on any atom is -0.492 e. The molecule has 1 amide bonds. The third-order valence-electron chi connectivity index (χ3n) is 3.56. The zero-order chi connectivity index (χ0) is 18.5. The molecule has 0 atom stereocenters. The van der Waals surface area contributed by atoms with Gasteiger partial charge in [0.15, 0.2) is 0 Å². The van der Waals surface area contributed by atoms with Crippen LogP contribution in [0.4, 0.5) is 4.79 Å². The molecular weight excluding hydrogens is 332 g/mol. The number of hydrogen-bond acceptors (Lipinski definition) is 5. The maximum Gasteiger partial charge on any atom is 0.407 e. The molecule has 1 N–H and O–H groups in total. The third-order valence-corrected chi connectivity index (χ3v) is 3.56. The van der Waals surface area contributed by atoms with Crippen molar-refractivity contribution in [2.45, 2.75) is 32.6 Å². The molecule has 0 fully saturated rings. The average molecular weight is 358 g/mol. The van der Waals surface area contributed by atoms with E-state index in [4.69, 9.17) is 14.2 Å². The van der Waals surface area contributed by atoms with Crippen molar-refractivity contribution in [2.75, 3.05) is 19.8 Å². The van der Waals surface area contributed by atoms with Gasteiger partial charge < -0.3 is 19.5 Å². The highest BCUT2D eigenvalue weighted by molar-refractivity contribution is 5.67. The van der Waals surface area contributed by atoms with Gasteiger partial charge in [0.05, 0.1) is 13.2 Å². The van der Waals surface area contributed by atoms with Crippen LogP contribution in [0.25, 0.3) is 0 Å². The summed E-state index contributed by atoms with van der Waals surface area (Å²) in [5, 5.41) is 2.67. The Morgan fingerprint density at radius 1 is 1.00 bits per heavy atom. The number of amides is 1. The summed E-state index contributed by atoms with van der Waals surface area (Å²) >= 11 is 0. The van der Waals surface area contributed by atoms with Gasteiger partial charge in [0.25, 0.3) is 0 Å². The van der Waals surface area contributed by atoms with Gasteiger partial charge in [0, 0.05) is 12.3 Å².